The van der Waals surface area contributed by atoms with Crippen molar-refractivity contribution in [3.05, 3.63) is 34.6 Å². The Bertz CT molecular complexity index is 455. The number of morpholine rings is 1. The molecule has 1 aliphatic rings. The first-order valence-corrected chi connectivity index (χ1v) is 5.96. The fourth-order valence-corrected chi connectivity index (χ4v) is 2.01. The third-order valence-electron chi connectivity index (χ3n) is 2.80. The molecular weight excluding hydrogens is 261 g/mol. The molecule has 1 unspecified atom stereocenters. The highest BCUT2D eigenvalue weighted by atomic mass is 35.5. The number of benzene rings is 1. The molecule has 6 heteroatoms. The zero-order valence-corrected chi connectivity index (χ0v) is 10.4. The van der Waals surface area contributed by atoms with E-state index in [1.165, 1.54) is 18.2 Å². The summed E-state index contributed by atoms with van der Waals surface area (Å²) in [6, 6.07) is 3.87. The van der Waals surface area contributed by atoms with E-state index in [1.807, 2.05) is 0 Å². The summed E-state index contributed by atoms with van der Waals surface area (Å²) in [5.74, 6) is -0.790. The van der Waals surface area contributed by atoms with Gasteiger partial charge in [0, 0.05) is 18.7 Å². The van der Waals surface area contributed by atoms with Crippen LogP contribution in [0, 0.1) is 5.82 Å². The van der Waals surface area contributed by atoms with Crippen molar-refractivity contribution in [2.45, 2.75) is 6.10 Å². The summed E-state index contributed by atoms with van der Waals surface area (Å²) in [5, 5.41) is 8.93. The third kappa shape index (κ3) is 2.80. The maximum absolute atomic E-state index is 13.0. The Morgan fingerprint density at radius 2 is 2.39 bits per heavy atom. The molecular formula is C12H13ClFNO3. The molecule has 1 fully saturated rings. The molecule has 0 aliphatic carbocycles. The van der Waals surface area contributed by atoms with Crippen LogP contribution in [0.1, 0.15) is 10.4 Å². The van der Waals surface area contributed by atoms with E-state index in [-0.39, 0.29) is 23.6 Å². The van der Waals surface area contributed by atoms with Crippen LogP contribution in [0.3, 0.4) is 0 Å². The van der Waals surface area contributed by atoms with Gasteiger partial charge < -0.3 is 14.7 Å². The first-order valence-electron chi connectivity index (χ1n) is 5.58. The normalized spacial score (nSPS) is 19.9. The van der Waals surface area contributed by atoms with Crippen LogP contribution in [0.5, 0.6) is 0 Å². The molecule has 0 saturated carbocycles. The van der Waals surface area contributed by atoms with E-state index in [9.17, 15) is 9.18 Å². The van der Waals surface area contributed by atoms with E-state index in [1.54, 1.807) is 4.90 Å². The van der Waals surface area contributed by atoms with E-state index in [2.05, 4.69) is 0 Å². The highest BCUT2D eigenvalue weighted by Gasteiger charge is 2.24. The Kier molecular flexibility index (Phi) is 4.16. The minimum Gasteiger partial charge on any atom is -0.394 e. The lowest BCUT2D eigenvalue weighted by Gasteiger charge is -2.32. The van der Waals surface area contributed by atoms with Crippen LogP contribution in [0.25, 0.3) is 0 Å². The van der Waals surface area contributed by atoms with Gasteiger partial charge in [0.1, 0.15) is 5.82 Å². The molecule has 1 aromatic carbocycles. The molecule has 1 atom stereocenters. The lowest BCUT2D eigenvalue weighted by atomic mass is 10.1. The van der Waals surface area contributed by atoms with Crippen molar-refractivity contribution in [3.8, 4) is 0 Å². The van der Waals surface area contributed by atoms with Crippen molar-refractivity contribution >= 4 is 17.5 Å². The average Bonchev–Trinajstić information content (AvgIpc) is 2.41. The molecule has 4 nitrogen and oxygen atoms in total. The van der Waals surface area contributed by atoms with Gasteiger partial charge in [0.15, 0.2) is 0 Å². The molecule has 1 N–H and O–H groups in total. The number of nitrogens with zero attached hydrogens (tertiary/aromatic N) is 1. The molecule has 0 radical (unpaired) electrons. The van der Waals surface area contributed by atoms with Crippen molar-refractivity contribution < 1.29 is 19.0 Å². The summed E-state index contributed by atoms with van der Waals surface area (Å²) in [4.78, 5) is 13.7. The molecule has 1 amide bonds. The van der Waals surface area contributed by atoms with Crippen molar-refractivity contribution in [1.29, 1.82) is 0 Å². The first kappa shape index (κ1) is 13.3. The lowest BCUT2D eigenvalue weighted by Crippen LogP contribution is -2.46. The van der Waals surface area contributed by atoms with Crippen LogP contribution in [0.15, 0.2) is 18.2 Å². The number of carbonyl (C=O) groups is 1. The number of aliphatic hydroxyl groups is 1. The monoisotopic (exact) mass is 273 g/mol. The summed E-state index contributed by atoms with van der Waals surface area (Å²) >= 11 is 5.64. The van der Waals surface area contributed by atoms with Gasteiger partial charge in [-0.3, -0.25) is 4.79 Å². The largest absolute Gasteiger partial charge is 0.394 e. The predicted molar refractivity (Wildman–Crippen MR) is 64.1 cm³/mol. The van der Waals surface area contributed by atoms with Crippen LogP contribution in [-0.4, -0.2) is 48.3 Å². The molecule has 98 valence electrons. The van der Waals surface area contributed by atoms with E-state index >= 15 is 0 Å². The SMILES string of the molecule is O=C(c1ccc(F)c(Cl)c1)N1CCOC(CO)C1. The molecule has 18 heavy (non-hydrogen) atoms. The average molecular weight is 274 g/mol. The van der Waals surface area contributed by atoms with Gasteiger partial charge in [-0.15, -0.1) is 0 Å². The lowest BCUT2D eigenvalue weighted by molar-refractivity contribution is -0.0447. The second-order valence-corrected chi connectivity index (χ2v) is 4.46. The summed E-state index contributed by atoms with van der Waals surface area (Å²) in [6.07, 6.45) is -0.362. The van der Waals surface area contributed by atoms with Gasteiger partial charge >= 0.3 is 0 Å². The molecule has 1 aromatic rings. The number of ether oxygens (including phenoxy) is 1. The summed E-state index contributed by atoms with van der Waals surface area (Å²) in [6.45, 7) is 1.02. The Morgan fingerprint density at radius 1 is 1.61 bits per heavy atom. The third-order valence-corrected chi connectivity index (χ3v) is 3.09. The second-order valence-electron chi connectivity index (χ2n) is 4.06. The van der Waals surface area contributed by atoms with Gasteiger partial charge in [-0.2, -0.15) is 0 Å². The van der Waals surface area contributed by atoms with Crippen LogP contribution in [0.4, 0.5) is 4.39 Å². The Balaban J connectivity index is 2.12. The highest BCUT2D eigenvalue weighted by molar-refractivity contribution is 6.31. The van der Waals surface area contributed by atoms with Gasteiger partial charge in [0.25, 0.3) is 5.91 Å². The van der Waals surface area contributed by atoms with Gasteiger partial charge in [0.2, 0.25) is 0 Å². The molecule has 1 aliphatic heterocycles. The van der Waals surface area contributed by atoms with Gasteiger partial charge in [-0.1, -0.05) is 11.6 Å². The number of rotatable bonds is 2. The van der Waals surface area contributed by atoms with Crippen molar-refractivity contribution in [2.24, 2.45) is 0 Å². The minimum absolute atomic E-state index is 0.0761. The number of hydrogen-bond donors (Lipinski definition) is 1. The number of aliphatic hydroxyl groups excluding tert-OH is 1. The van der Waals surface area contributed by atoms with Crippen LogP contribution in [-0.2, 0) is 4.74 Å². The molecule has 0 aromatic heterocycles. The van der Waals surface area contributed by atoms with Crippen molar-refractivity contribution in [1.82, 2.24) is 4.90 Å². The maximum Gasteiger partial charge on any atom is 0.254 e. The van der Waals surface area contributed by atoms with Gasteiger partial charge in [0.05, 0.1) is 24.3 Å². The van der Waals surface area contributed by atoms with Gasteiger partial charge in [-0.05, 0) is 18.2 Å². The molecule has 2 rings (SSSR count). The summed E-state index contributed by atoms with van der Waals surface area (Å²) in [5.41, 5.74) is 0.333. The minimum atomic E-state index is -0.552. The number of halogens is 2. The number of amides is 1. The Labute approximate surface area is 109 Å². The summed E-state index contributed by atoms with van der Waals surface area (Å²) in [7, 11) is 0. The quantitative estimate of drug-likeness (QED) is 0.884. The van der Waals surface area contributed by atoms with E-state index < -0.39 is 5.82 Å². The van der Waals surface area contributed by atoms with Crippen molar-refractivity contribution in [3.63, 3.8) is 0 Å². The van der Waals surface area contributed by atoms with E-state index in [0.717, 1.165) is 0 Å². The first-order chi connectivity index (χ1) is 8.61. The Hall–Kier alpha value is -1.17. The predicted octanol–water partition coefficient (Wildman–Crippen LogP) is 1.31. The van der Waals surface area contributed by atoms with Crippen LogP contribution < -0.4 is 0 Å². The number of hydrogen-bond acceptors (Lipinski definition) is 3. The fourth-order valence-electron chi connectivity index (χ4n) is 1.83. The van der Waals surface area contributed by atoms with Crippen LogP contribution >= 0.6 is 11.6 Å². The van der Waals surface area contributed by atoms with Crippen LogP contribution in [0.2, 0.25) is 5.02 Å². The smallest absolute Gasteiger partial charge is 0.254 e. The molecule has 0 bridgehead atoms. The molecule has 1 saturated heterocycles. The van der Waals surface area contributed by atoms with Crippen molar-refractivity contribution in [2.75, 3.05) is 26.3 Å². The highest BCUT2D eigenvalue weighted by Crippen LogP contribution is 2.18. The zero-order valence-electron chi connectivity index (χ0n) is 9.60. The standard InChI is InChI=1S/C12H13ClFNO3/c13-10-5-8(1-2-11(10)14)12(17)15-3-4-18-9(6-15)7-16/h1-2,5,9,16H,3-4,6-7H2. The second kappa shape index (κ2) is 5.65. The number of carbonyl (C=O) groups excluding carboxylic acids is 1. The maximum atomic E-state index is 13.0. The van der Waals surface area contributed by atoms with E-state index in [0.29, 0.717) is 25.3 Å². The van der Waals surface area contributed by atoms with E-state index in [4.69, 9.17) is 21.4 Å². The fraction of sp³-hybridized carbons (Fsp3) is 0.417. The van der Waals surface area contributed by atoms with Gasteiger partial charge in [-0.25, -0.2) is 4.39 Å². The zero-order chi connectivity index (χ0) is 13.1. The topological polar surface area (TPSA) is 49.8 Å². The Morgan fingerprint density at radius 3 is 3.06 bits per heavy atom. The summed E-state index contributed by atoms with van der Waals surface area (Å²) < 4.78 is 18.3. The molecule has 1 heterocycles. The molecule has 0 spiro atoms.